The Bertz CT molecular complexity index is 866. The quantitative estimate of drug-likeness (QED) is 0.301. The van der Waals surface area contributed by atoms with Crippen LogP contribution in [-0.2, 0) is 11.2 Å². The van der Waals surface area contributed by atoms with Gasteiger partial charge in [0.05, 0.1) is 12.0 Å². The first-order valence-corrected chi connectivity index (χ1v) is 9.48. The number of hydrogen-bond acceptors (Lipinski definition) is 6. The zero-order chi connectivity index (χ0) is 18.7. The fourth-order valence-corrected chi connectivity index (χ4v) is 2.87. The number of amides is 1. The molecule has 0 atom stereocenters. The van der Waals surface area contributed by atoms with Crippen molar-refractivity contribution in [2.24, 2.45) is 5.10 Å². The van der Waals surface area contributed by atoms with Crippen LogP contribution in [0.2, 0.25) is 0 Å². The second kappa shape index (κ2) is 10.1. The Morgan fingerprint density at radius 3 is 2.63 bits per heavy atom. The lowest BCUT2D eigenvalue weighted by atomic mass is 10.1. The van der Waals surface area contributed by atoms with E-state index < -0.39 is 0 Å². The van der Waals surface area contributed by atoms with Gasteiger partial charge < -0.3 is 5.32 Å². The third-order valence-electron chi connectivity index (χ3n) is 3.56. The number of aromatic nitrogens is 3. The summed E-state index contributed by atoms with van der Waals surface area (Å²) in [6.07, 6.45) is 2.50. The van der Waals surface area contributed by atoms with Gasteiger partial charge in [0.25, 0.3) is 0 Å². The number of hydrogen-bond donors (Lipinski definition) is 3. The highest BCUT2D eigenvalue weighted by atomic mass is 32.2. The number of aromatic amines is 1. The molecule has 1 heterocycles. The predicted molar refractivity (Wildman–Crippen MR) is 108 cm³/mol. The van der Waals surface area contributed by atoms with Crippen LogP contribution in [0.3, 0.4) is 0 Å². The largest absolute Gasteiger partial charge is 0.355 e. The molecule has 0 bridgehead atoms. The zero-order valence-electron chi connectivity index (χ0n) is 14.6. The van der Waals surface area contributed by atoms with Gasteiger partial charge in [0.15, 0.2) is 0 Å². The Morgan fingerprint density at radius 2 is 1.85 bits per heavy atom. The summed E-state index contributed by atoms with van der Waals surface area (Å²) in [5.41, 5.74) is 4.96. The second-order valence-corrected chi connectivity index (χ2v) is 6.56. The molecule has 3 N–H and O–H groups in total. The number of carbonyl (C=O) groups is 1. The molecule has 0 aliphatic carbocycles. The molecule has 3 aromatic rings. The highest BCUT2D eigenvalue weighted by Crippen LogP contribution is 2.13. The summed E-state index contributed by atoms with van der Waals surface area (Å²) in [5, 5.41) is 14.3. The summed E-state index contributed by atoms with van der Waals surface area (Å²) in [7, 11) is 0. The Labute approximate surface area is 161 Å². The number of rotatable bonds is 9. The van der Waals surface area contributed by atoms with E-state index in [2.05, 4.69) is 31.0 Å². The molecule has 1 amide bonds. The summed E-state index contributed by atoms with van der Waals surface area (Å²) in [4.78, 5) is 16.1. The van der Waals surface area contributed by atoms with Gasteiger partial charge in [-0.05, 0) is 17.5 Å². The molecule has 0 aliphatic heterocycles. The number of nitrogens with one attached hydrogen (secondary N) is 3. The van der Waals surface area contributed by atoms with Crippen LogP contribution >= 0.6 is 11.8 Å². The Morgan fingerprint density at radius 1 is 1.11 bits per heavy atom. The Balaban J connectivity index is 1.36. The average molecular weight is 380 g/mol. The summed E-state index contributed by atoms with van der Waals surface area (Å²) in [6.45, 7) is 0.610. The minimum atomic E-state index is -0.0441. The molecule has 0 aliphatic rings. The number of carbonyl (C=O) groups excluding carboxylic acids is 1. The Kier molecular flexibility index (Phi) is 7.00. The predicted octanol–water partition coefficient (Wildman–Crippen LogP) is 2.70. The lowest BCUT2D eigenvalue weighted by molar-refractivity contribution is -0.118. The third kappa shape index (κ3) is 6.59. The van der Waals surface area contributed by atoms with E-state index in [0.717, 1.165) is 12.0 Å². The van der Waals surface area contributed by atoms with Crippen LogP contribution in [0, 0.1) is 0 Å². The molecule has 7 nitrogen and oxygen atoms in total. The topological polar surface area (TPSA) is 95.1 Å². The smallest absolute Gasteiger partial charge is 0.240 e. The molecule has 0 unspecified atom stereocenters. The lowest BCUT2D eigenvalue weighted by Gasteiger charge is -2.04. The molecule has 3 rings (SSSR count). The summed E-state index contributed by atoms with van der Waals surface area (Å²) < 4.78 is 0. The van der Waals surface area contributed by atoms with Crippen LogP contribution in [0.15, 0.2) is 70.9 Å². The van der Waals surface area contributed by atoms with E-state index in [1.54, 1.807) is 6.21 Å². The SMILES string of the molecule is O=C(CSc1n[nH]c(N/N=C\c2ccccc2)n1)NCCc1ccccc1. The number of anilines is 1. The van der Waals surface area contributed by atoms with Crippen molar-refractivity contribution in [2.75, 3.05) is 17.7 Å². The zero-order valence-corrected chi connectivity index (χ0v) is 15.4. The van der Waals surface area contributed by atoms with Gasteiger partial charge in [-0.15, -0.1) is 5.10 Å². The van der Waals surface area contributed by atoms with Crippen molar-refractivity contribution in [3.8, 4) is 0 Å². The molecular formula is C19H20N6OS. The third-order valence-corrected chi connectivity index (χ3v) is 4.41. The Hall–Kier alpha value is -3.13. The summed E-state index contributed by atoms with van der Waals surface area (Å²) >= 11 is 1.27. The summed E-state index contributed by atoms with van der Waals surface area (Å²) in [6, 6.07) is 19.8. The van der Waals surface area contributed by atoms with E-state index >= 15 is 0 Å². The normalized spacial score (nSPS) is 10.8. The van der Waals surface area contributed by atoms with E-state index in [4.69, 9.17) is 0 Å². The fraction of sp³-hybridized carbons (Fsp3) is 0.158. The van der Waals surface area contributed by atoms with Gasteiger partial charge in [-0.25, -0.2) is 10.5 Å². The van der Waals surface area contributed by atoms with Crippen molar-refractivity contribution >= 4 is 29.8 Å². The van der Waals surface area contributed by atoms with Crippen molar-refractivity contribution < 1.29 is 4.79 Å². The minimum Gasteiger partial charge on any atom is -0.355 e. The highest BCUT2D eigenvalue weighted by molar-refractivity contribution is 7.99. The minimum absolute atomic E-state index is 0.0441. The van der Waals surface area contributed by atoms with Crippen molar-refractivity contribution in [3.63, 3.8) is 0 Å². The molecule has 138 valence electrons. The van der Waals surface area contributed by atoms with E-state index in [9.17, 15) is 4.79 Å². The molecule has 0 spiro atoms. The molecule has 0 saturated carbocycles. The van der Waals surface area contributed by atoms with Gasteiger partial charge in [-0.2, -0.15) is 10.1 Å². The molecule has 0 fully saturated rings. The fourth-order valence-electron chi connectivity index (χ4n) is 2.24. The molecule has 0 saturated heterocycles. The van der Waals surface area contributed by atoms with Gasteiger partial charge in [0.2, 0.25) is 17.0 Å². The van der Waals surface area contributed by atoms with Crippen LogP contribution in [0.4, 0.5) is 5.95 Å². The molecule has 0 radical (unpaired) electrons. The van der Waals surface area contributed by atoms with E-state index in [1.807, 2.05) is 60.7 Å². The van der Waals surface area contributed by atoms with Crippen LogP contribution in [0.5, 0.6) is 0 Å². The second-order valence-electron chi connectivity index (χ2n) is 5.62. The first-order valence-electron chi connectivity index (χ1n) is 8.49. The van der Waals surface area contributed by atoms with Crippen LogP contribution < -0.4 is 10.7 Å². The molecular weight excluding hydrogens is 360 g/mol. The first-order chi connectivity index (χ1) is 13.3. The van der Waals surface area contributed by atoms with Gasteiger partial charge in [-0.1, -0.05) is 72.4 Å². The van der Waals surface area contributed by atoms with Crippen LogP contribution in [-0.4, -0.2) is 39.6 Å². The van der Waals surface area contributed by atoms with E-state index in [-0.39, 0.29) is 11.7 Å². The molecule has 27 heavy (non-hydrogen) atoms. The van der Waals surface area contributed by atoms with Gasteiger partial charge in [0.1, 0.15) is 0 Å². The molecule has 1 aromatic heterocycles. The average Bonchev–Trinajstić information content (AvgIpc) is 3.16. The van der Waals surface area contributed by atoms with Gasteiger partial charge in [0, 0.05) is 6.54 Å². The maximum absolute atomic E-state index is 11.9. The summed E-state index contributed by atoms with van der Waals surface area (Å²) in [5.74, 6) is 0.644. The monoisotopic (exact) mass is 380 g/mol. The van der Waals surface area contributed by atoms with Crippen molar-refractivity contribution in [1.82, 2.24) is 20.5 Å². The van der Waals surface area contributed by atoms with Crippen molar-refractivity contribution in [3.05, 3.63) is 71.8 Å². The van der Waals surface area contributed by atoms with Crippen molar-refractivity contribution in [2.45, 2.75) is 11.6 Å². The molecule has 2 aromatic carbocycles. The highest BCUT2D eigenvalue weighted by Gasteiger charge is 2.07. The number of hydrazone groups is 1. The first kappa shape index (κ1) is 18.7. The van der Waals surface area contributed by atoms with Crippen LogP contribution in [0.25, 0.3) is 0 Å². The number of nitrogens with zero attached hydrogens (tertiary/aromatic N) is 3. The van der Waals surface area contributed by atoms with Crippen molar-refractivity contribution in [1.29, 1.82) is 0 Å². The lowest BCUT2D eigenvalue weighted by Crippen LogP contribution is -2.27. The molecule has 8 heteroatoms. The number of benzene rings is 2. The number of H-pyrrole nitrogens is 1. The maximum Gasteiger partial charge on any atom is 0.240 e. The van der Waals surface area contributed by atoms with Gasteiger partial charge in [-0.3, -0.25) is 4.79 Å². The van der Waals surface area contributed by atoms with Gasteiger partial charge >= 0.3 is 0 Å². The van der Waals surface area contributed by atoms with Crippen LogP contribution in [0.1, 0.15) is 11.1 Å². The van der Waals surface area contributed by atoms with E-state index in [1.165, 1.54) is 17.3 Å². The number of thioether (sulfide) groups is 1. The maximum atomic E-state index is 11.9. The standard InChI is InChI=1S/C19H20N6OS/c26-17(20-12-11-15-7-3-1-4-8-15)14-27-19-22-18(24-25-19)23-21-13-16-9-5-2-6-10-16/h1-10,13H,11-12,14H2,(H,20,26)(H2,22,23,24,25)/b21-13-. The van der Waals surface area contributed by atoms with E-state index in [0.29, 0.717) is 17.6 Å².